The molecule has 2 amide bonds. The topological polar surface area (TPSA) is 67.4 Å². The first-order valence-electron chi connectivity index (χ1n) is 8.07. The van der Waals surface area contributed by atoms with Gasteiger partial charge in [-0.2, -0.15) is 0 Å². The molecule has 25 heavy (non-hydrogen) atoms. The normalized spacial score (nSPS) is 10.2. The molecule has 0 radical (unpaired) electrons. The average Bonchev–Trinajstić information content (AvgIpc) is 2.59. The molecule has 0 aliphatic heterocycles. The number of hydrogen-bond acceptors (Lipinski definition) is 3. The number of hydrogen-bond donors (Lipinski definition) is 2. The number of rotatable bonds is 7. The van der Waals surface area contributed by atoms with E-state index in [4.69, 9.17) is 4.74 Å². The monoisotopic (exact) mass is 404 g/mol. The van der Waals surface area contributed by atoms with Crippen molar-refractivity contribution >= 4 is 33.4 Å². The number of halogens is 1. The summed E-state index contributed by atoms with van der Waals surface area (Å²) in [4.78, 5) is 24.3. The third-order valence-corrected chi connectivity index (χ3v) is 4.05. The van der Waals surface area contributed by atoms with Crippen molar-refractivity contribution in [1.29, 1.82) is 0 Å². The maximum atomic E-state index is 12.2. The molecule has 0 bridgehead atoms. The van der Waals surface area contributed by atoms with Gasteiger partial charge in [-0.15, -0.1) is 0 Å². The molecule has 0 saturated heterocycles. The van der Waals surface area contributed by atoms with Gasteiger partial charge < -0.3 is 15.4 Å². The van der Waals surface area contributed by atoms with Crippen LogP contribution in [0.2, 0.25) is 0 Å². The van der Waals surface area contributed by atoms with Gasteiger partial charge in [-0.3, -0.25) is 9.59 Å². The van der Waals surface area contributed by atoms with Crippen LogP contribution in [-0.2, 0) is 4.79 Å². The van der Waals surface area contributed by atoms with Crippen molar-refractivity contribution in [3.05, 3.63) is 58.1 Å². The lowest BCUT2D eigenvalue weighted by Crippen LogP contribution is -2.27. The van der Waals surface area contributed by atoms with Crippen molar-refractivity contribution in [1.82, 2.24) is 5.32 Å². The molecule has 6 heteroatoms. The molecule has 0 aliphatic carbocycles. The molecule has 5 nitrogen and oxygen atoms in total. The molecule has 0 heterocycles. The van der Waals surface area contributed by atoms with E-state index in [1.165, 1.54) is 0 Å². The molecule has 0 aromatic heterocycles. The van der Waals surface area contributed by atoms with Crippen LogP contribution in [0.4, 0.5) is 5.69 Å². The third kappa shape index (κ3) is 5.60. The molecule has 2 aromatic carbocycles. The zero-order chi connectivity index (χ0) is 18.2. The van der Waals surface area contributed by atoms with Crippen molar-refractivity contribution in [3.63, 3.8) is 0 Å². The van der Waals surface area contributed by atoms with Crippen LogP contribution in [0.15, 0.2) is 46.9 Å². The van der Waals surface area contributed by atoms with Crippen molar-refractivity contribution in [2.45, 2.75) is 20.3 Å². The van der Waals surface area contributed by atoms with Crippen LogP contribution in [0.3, 0.4) is 0 Å². The van der Waals surface area contributed by atoms with Gasteiger partial charge in [-0.25, -0.2) is 0 Å². The summed E-state index contributed by atoms with van der Waals surface area (Å²) in [7, 11) is 0. The molecule has 0 saturated carbocycles. The van der Waals surface area contributed by atoms with Crippen molar-refractivity contribution in [3.8, 4) is 5.75 Å². The fraction of sp³-hybridized carbons (Fsp3) is 0.263. The second-order valence-corrected chi connectivity index (χ2v) is 6.43. The summed E-state index contributed by atoms with van der Waals surface area (Å²) in [5, 5.41) is 5.53. The van der Waals surface area contributed by atoms with Gasteiger partial charge in [0.25, 0.3) is 11.8 Å². The number of aryl methyl sites for hydroxylation is 1. The molecule has 132 valence electrons. The Labute approximate surface area is 155 Å². The SMILES string of the molecule is CCCNC(=O)c1ccccc1NC(=O)COc1ccc(C)cc1Br. The fourth-order valence-corrected chi connectivity index (χ4v) is 2.78. The van der Waals surface area contributed by atoms with E-state index in [9.17, 15) is 9.59 Å². The van der Waals surface area contributed by atoms with Crippen molar-refractivity contribution in [2.24, 2.45) is 0 Å². The summed E-state index contributed by atoms with van der Waals surface area (Å²) in [5.41, 5.74) is 1.99. The molecule has 2 rings (SSSR count). The molecule has 0 spiro atoms. The molecule has 0 unspecified atom stereocenters. The van der Waals surface area contributed by atoms with E-state index in [0.717, 1.165) is 16.5 Å². The van der Waals surface area contributed by atoms with Gasteiger partial charge in [0.15, 0.2) is 6.61 Å². The Bertz CT molecular complexity index is 762. The van der Waals surface area contributed by atoms with Crippen molar-refractivity contribution < 1.29 is 14.3 Å². The maximum Gasteiger partial charge on any atom is 0.262 e. The Morgan fingerprint density at radius 1 is 1.16 bits per heavy atom. The van der Waals surface area contributed by atoms with Gasteiger partial charge in [-0.05, 0) is 59.1 Å². The van der Waals surface area contributed by atoms with E-state index in [2.05, 4.69) is 26.6 Å². The predicted octanol–water partition coefficient (Wildman–Crippen LogP) is 3.91. The molecule has 0 atom stereocenters. The lowest BCUT2D eigenvalue weighted by atomic mass is 10.1. The highest BCUT2D eigenvalue weighted by Crippen LogP contribution is 2.25. The standard InChI is InChI=1S/C19H21BrN2O3/c1-3-10-21-19(24)14-6-4-5-7-16(14)22-18(23)12-25-17-9-8-13(2)11-15(17)20/h4-9,11H,3,10,12H2,1-2H3,(H,21,24)(H,22,23). The van der Waals surface area contributed by atoms with Crippen LogP contribution < -0.4 is 15.4 Å². The number of amides is 2. The number of carbonyl (C=O) groups is 2. The number of benzene rings is 2. The largest absolute Gasteiger partial charge is 0.483 e. The molecule has 0 aliphatic rings. The molecule has 2 aromatic rings. The second-order valence-electron chi connectivity index (χ2n) is 5.57. The predicted molar refractivity (Wildman–Crippen MR) is 102 cm³/mol. The first-order chi connectivity index (χ1) is 12.0. The van der Waals surface area contributed by atoms with E-state index in [1.54, 1.807) is 30.3 Å². The van der Waals surface area contributed by atoms with Gasteiger partial charge in [0.2, 0.25) is 0 Å². The summed E-state index contributed by atoms with van der Waals surface area (Å²) >= 11 is 3.41. The molecule has 2 N–H and O–H groups in total. The van der Waals surface area contributed by atoms with Crippen LogP contribution in [0, 0.1) is 6.92 Å². The quantitative estimate of drug-likeness (QED) is 0.734. The van der Waals surface area contributed by atoms with Crippen LogP contribution in [0.1, 0.15) is 29.3 Å². The number of anilines is 1. The number of para-hydroxylation sites is 1. The van der Waals surface area contributed by atoms with E-state index in [-0.39, 0.29) is 18.4 Å². The minimum Gasteiger partial charge on any atom is -0.483 e. The summed E-state index contributed by atoms with van der Waals surface area (Å²) in [6, 6.07) is 12.5. The van der Waals surface area contributed by atoms with Crippen LogP contribution >= 0.6 is 15.9 Å². The number of ether oxygens (including phenoxy) is 1. The van der Waals surface area contributed by atoms with Crippen molar-refractivity contribution in [2.75, 3.05) is 18.5 Å². The number of carbonyl (C=O) groups excluding carboxylic acids is 2. The van der Waals surface area contributed by atoms with Gasteiger partial charge >= 0.3 is 0 Å². The van der Waals surface area contributed by atoms with Gasteiger partial charge in [0.1, 0.15) is 5.75 Å². The first kappa shape index (κ1) is 19.0. The highest BCUT2D eigenvalue weighted by Gasteiger charge is 2.13. The first-order valence-corrected chi connectivity index (χ1v) is 8.86. The molecule has 0 fully saturated rings. The van der Waals surface area contributed by atoms with Gasteiger partial charge in [0, 0.05) is 6.54 Å². The Hall–Kier alpha value is -2.34. The summed E-state index contributed by atoms with van der Waals surface area (Å²) in [5.74, 6) is 0.0536. The Balaban J connectivity index is 1.99. The Kier molecular flexibility index (Phi) is 7.01. The minimum atomic E-state index is -0.330. The van der Waals surface area contributed by atoms with E-state index >= 15 is 0 Å². The zero-order valence-corrected chi connectivity index (χ0v) is 15.9. The Morgan fingerprint density at radius 3 is 2.64 bits per heavy atom. The smallest absolute Gasteiger partial charge is 0.262 e. The van der Waals surface area contributed by atoms with Gasteiger partial charge in [-0.1, -0.05) is 25.1 Å². The van der Waals surface area contributed by atoms with Crippen LogP contribution in [0.5, 0.6) is 5.75 Å². The number of nitrogens with one attached hydrogen (secondary N) is 2. The summed E-state index contributed by atoms with van der Waals surface area (Å²) < 4.78 is 6.32. The van der Waals surface area contributed by atoms with E-state index in [0.29, 0.717) is 23.5 Å². The van der Waals surface area contributed by atoms with Crippen LogP contribution in [0.25, 0.3) is 0 Å². The summed E-state index contributed by atoms with van der Waals surface area (Å²) in [6.45, 7) is 4.40. The fourth-order valence-electron chi connectivity index (χ4n) is 2.18. The lowest BCUT2D eigenvalue weighted by Gasteiger charge is -2.12. The maximum absolute atomic E-state index is 12.2. The summed E-state index contributed by atoms with van der Waals surface area (Å²) in [6.07, 6.45) is 0.847. The highest BCUT2D eigenvalue weighted by atomic mass is 79.9. The van der Waals surface area contributed by atoms with Gasteiger partial charge in [0.05, 0.1) is 15.7 Å². The molecular formula is C19H21BrN2O3. The van der Waals surface area contributed by atoms with E-state index in [1.807, 2.05) is 26.0 Å². The zero-order valence-electron chi connectivity index (χ0n) is 14.3. The average molecular weight is 405 g/mol. The molecular weight excluding hydrogens is 384 g/mol. The lowest BCUT2D eigenvalue weighted by molar-refractivity contribution is -0.118. The highest BCUT2D eigenvalue weighted by molar-refractivity contribution is 9.10. The van der Waals surface area contributed by atoms with E-state index < -0.39 is 0 Å². The van der Waals surface area contributed by atoms with Crippen LogP contribution in [-0.4, -0.2) is 25.0 Å². The Morgan fingerprint density at radius 2 is 1.92 bits per heavy atom. The minimum absolute atomic E-state index is 0.146. The third-order valence-electron chi connectivity index (χ3n) is 3.43. The second kappa shape index (κ2) is 9.22.